The van der Waals surface area contributed by atoms with Crippen molar-refractivity contribution < 1.29 is 4.79 Å². The molecule has 0 spiro atoms. The van der Waals surface area contributed by atoms with Crippen LogP contribution in [0.3, 0.4) is 0 Å². The Bertz CT molecular complexity index is 689. The molecule has 20 heavy (non-hydrogen) atoms. The topological polar surface area (TPSA) is 20.3 Å². The molecule has 0 atom stereocenters. The molecule has 0 heterocycles. The molecule has 0 aromatic heterocycles. The van der Waals surface area contributed by atoms with E-state index >= 15 is 0 Å². The first-order valence-electron chi connectivity index (χ1n) is 6.14. The Balaban J connectivity index is 2.45. The van der Waals surface area contributed by atoms with E-state index in [1.807, 2.05) is 30.3 Å². The standard InChI is InChI=1S/C18H13NO/c1-3-14-19(17-13-9-8-10-15(17)4-2)18(20)16-11-6-5-7-12-16/h1-2,5-13H,14H2. The monoisotopic (exact) mass is 259 g/mol. The summed E-state index contributed by atoms with van der Waals surface area (Å²) in [6.07, 6.45) is 10.9. The smallest absolute Gasteiger partial charge is 0.259 e. The van der Waals surface area contributed by atoms with Gasteiger partial charge in [0.1, 0.15) is 0 Å². The fourth-order valence-corrected chi connectivity index (χ4v) is 1.93. The molecule has 0 unspecified atom stereocenters. The Morgan fingerprint density at radius 1 is 1.00 bits per heavy atom. The highest BCUT2D eigenvalue weighted by atomic mass is 16.2. The maximum absolute atomic E-state index is 12.6. The number of hydrogen-bond acceptors (Lipinski definition) is 1. The highest BCUT2D eigenvalue weighted by Gasteiger charge is 2.18. The third-order valence-corrected chi connectivity index (χ3v) is 2.87. The summed E-state index contributed by atoms with van der Waals surface area (Å²) in [4.78, 5) is 14.1. The predicted octanol–water partition coefficient (Wildman–Crippen LogP) is 2.95. The third kappa shape index (κ3) is 2.71. The lowest BCUT2D eigenvalue weighted by atomic mass is 10.1. The van der Waals surface area contributed by atoms with E-state index < -0.39 is 0 Å². The largest absolute Gasteiger partial charge is 0.295 e. The van der Waals surface area contributed by atoms with Gasteiger partial charge in [-0.05, 0) is 24.3 Å². The zero-order valence-corrected chi connectivity index (χ0v) is 10.9. The Morgan fingerprint density at radius 2 is 1.65 bits per heavy atom. The second-order valence-electron chi connectivity index (χ2n) is 4.12. The summed E-state index contributed by atoms with van der Waals surface area (Å²) in [5.74, 6) is 4.92. The molecule has 2 heteroatoms. The fraction of sp³-hybridized carbons (Fsp3) is 0.0556. The Hall–Kier alpha value is -2.97. The number of rotatable bonds is 3. The molecule has 2 nitrogen and oxygen atoms in total. The van der Waals surface area contributed by atoms with Crippen LogP contribution in [0.25, 0.3) is 0 Å². The van der Waals surface area contributed by atoms with Gasteiger partial charge in [0.2, 0.25) is 0 Å². The number of carbonyl (C=O) groups is 1. The molecule has 0 aliphatic rings. The van der Waals surface area contributed by atoms with Crippen molar-refractivity contribution in [3.05, 3.63) is 65.7 Å². The van der Waals surface area contributed by atoms with Crippen LogP contribution in [0.2, 0.25) is 0 Å². The van der Waals surface area contributed by atoms with Gasteiger partial charge in [0.05, 0.1) is 12.2 Å². The summed E-state index contributed by atoms with van der Waals surface area (Å²) < 4.78 is 0. The van der Waals surface area contributed by atoms with Gasteiger partial charge in [0.25, 0.3) is 5.91 Å². The third-order valence-electron chi connectivity index (χ3n) is 2.87. The zero-order valence-electron chi connectivity index (χ0n) is 10.9. The SMILES string of the molecule is C#CCN(C(=O)c1ccccc1)c1ccccc1C#C. The number of para-hydroxylation sites is 1. The van der Waals surface area contributed by atoms with Gasteiger partial charge in [-0.3, -0.25) is 9.69 Å². The molecule has 0 saturated carbocycles. The van der Waals surface area contributed by atoms with Crippen LogP contribution in [0.1, 0.15) is 15.9 Å². The van der Waals surface area contributed by atoms with Crippen LogP contribution in [0.4, 0.5) is 5.69 Å². The van der Waals surface area contributed by atoms with E-state index in [1.54, 1.807) is 24.3 Å². The normalized spacial score (nSPS) is 9.30. The van der Waals surface area contributed by atoms with Crippen molar-refractivity contribution in [2.45, 2.75) is 0 Å². The lowest BCUT2D eigenvalue weighted by Crippen LogP contribution is -2.31. The first kappa shape index (κ1) is 13.5. The molecule has 2 aromatic rings. The lowest BCUT2D eigenvalue weighted by molar-refractivity contribution is 0.0990. The maximum Gasteiger partial charge on any atom is 0.259 e. The molecule has 0 fully saturated rings. The number of amides is 1. The van der Waals surface area contributed by atoms with Crippen LogP contribution in [0.5, 0.6) is 0 Å². The van der Waals surface area contributed by atoms with Crippen molar-refractivity contribution in [2.24, 2.45) is 0 Å². The van der Waals surface area contributed by atoms with Crippen LogP contribution in [-0.4, -0.2) is 12.5 Å². The first-order valence-corrected chi connectivity index (χ1v) is 6.14. The van der Waals surface area contributed by atoms with E-state index in [0.717, 1.165) is 0 Å². The van der Waals surface area contributed by atoms with Crippen LogP contribution in [0, 0.1) is 24.7 Å². The summed E-state index contributed by atoms with van der Waals surface area (Å²) in [7, 11) is 0. The molecule has 96 valence electrons. The summed E-state index contributed by atoms with van der Waals surface area (Å²) in [6.45, 7) is 0.173. The van der Waals surface area contributed by atoms with E-state index in [9.17, 15) is 4.79 Å². The average Bonchev–Trinajstić information content (AvgIpc) is 2.53. The summed E-state index contributed by atoms with van der Waals surface area (Å²) in [5.41, 5.74) is 1.88. The molecule has 1 amide bonds. The molecule has 0 saturated heterocycles. The highest BCUT2D eigenvalue weighted by molar-refractivity contribution is 6.07. The number of carbonyl (C=O) groups excluding carboxylic acids is 1. The van der Waals surface area contributed by atoms with Crippen LogP contribution >= 0.6 is 0 Å². The molecule has 0 aliphatic carbocycles. The molecule has 2 aromatic carbocycles. The van der Waals surface area contributed by atoms with E-state index in [4.69, 9.17) is 12.8 Å². The maximum atomic E-state index is 12.6. The van der Waals surface area contributed by atoms with Gasteiger partial charge in [-0.1, -0.05) is 42.2 Å². The van der Waals surface area contributed by atoms with Crippen molar-refractivity contribution in [2.75, 3.05) is 11.4 Å². The summed E-state index contributed by atoms with van der Waals surface area (Å²) in [6, 6.07) is 16.2. The van der Waals surface area contributed by atoms with Crippen molar-refractivity contribution in [3.63, 3.8) is 0 Å². The van der Waals surface area contributed by atoms with Crippen molar-refractivity contribution in [1.82, 2.24) is 0 Å². The van der Waals surface area contributed by atoms with Gasteiger partial charge < -0.3 is 0 Å². The first-order chi connectivity index (χ1) is 9.77. The number of nitrogens with zero attached hydrogens (tertiary/aromatic N) is 1. The highest BCUT2D eigenvalue weighted by Crippen LogP contribution is 2.21. The molecule has 0 aliphatic heterocycles. The fourth-order valence-electron chi connectivity index (χ4n) is 1.93. The Labute approximate surface area is 119 Å². The number of anilines is 1. The van der Waals surface area contributed by atoms with Crippen LogP contribution in [0.15, 0.2) is 54.6 Å². The Kier molecular flexibility index (Phi) is 4.22. The van der Waals surface area contributed by atoms with E-state index in [1.165, 1.54) is 4.90 Å². The van der Waals surface area contributed by atoms with Crippen LogP contribution < -0.4 is 4.90 Å². The van der Waals surface area contributed by atoms with E-state index in [2.05, 4.69) is 11.8 Å². The summed E-state index contributed by atoms with van der Waals surface area (Å²) >= 11 is 0. The zero-order chi connectivity index (χ0) is 14.4. The van der Waals surface area contributed by atoms with E-state index in [0.29, 0.717) is 16.8 Å². The lowest BCUT2D eigenvalue weighted by Gasteiger charge is -2.21. The van der Waals surface area contributed by atoms with Gasteiger partial charge >= 0.3 is 0 Å². The molecule has 0 bridgehead atoms. The minimum atomic E-state index is -0.161. The molecular weight excluding hydrogens is 246 g/mol. The summed E-state index contributed by atoms with van der Waals surface area (Å²) in [5, 5.41) is 0. The van der Waals surface area contributed by atoms with Crippen LogP contribution in [-0.2, 0) is 0 Å². The quantitative estimate of drug-likeness (QED) is 0.776. The van der Waals surface area contributed by atoms with Crippen molar-refractivity contribution in [3.8, 4) is 24.7 Å². The predicted molar refractivity (Wildman–Crippen MR) is 81.3 cm³/mol. The Morgan fingerprint density at radius 3 is 2.30 bits per heavy atom. The van der Waals surface area contributed by atoms with Gasteiger partial charge in [-0.2, -0.15) is 0 Å². The van der Waals surface area contributed by atoms with Gasteiger partial charge in [-0.15, -0.1) is 12.8 Å². The second-order valence-corrected chi connectivity index (χ2v) is 4.12. The van der Waals surface area contributed by atoms with Gasteiger partial charge in [-0.25, -0.2) is 0 Å². The minimum absolute atomic E-state index is 0.161. The molecule has 2 rings (SSSR count). The van der Waals surface area contributed by atoms with Gasteiger partial charge in [0, 0.05) is 11.1 Å². The number of hydrogen-bond donors (Lipinski definition) is 0. The molecular formula is C18H13NO. The van der Waals surface area contributed by atoms with E-state index in [-0.39, 0.29) is 12.5 Å². The number of terminal acetylenes is 2. The number of benzene rings is 2. The minimum Gasteiger partial charge on any atom is -0.295 e. The molecule has 0 radical (unpaired) electrons. The van der Waals surface area contributed by atoms with Crippen molar-refractivity contribution in [1.29, 1.82) is 0 Å². The van der Waals surface area contributed by atoms with Gasteiger partial charge in [0.15, 0.2) is 0 Å². The molecule has 0 N–H and O–H groups in total. The second kappa shape index (κ2) is 6.27. The average molecular weight is 259 g/mol. The van der Waals surface area contributed by atoms with Crippen molar-refractivity contribution >= 4 is 11.6 Å².